The van der Waals surface area contributed by atoms with Crippen molar-refractivity contribution >= 4 is 28.2 Å². The van der Waals surface area contributed by atoms with Crippen molar-refractivity contribution in [2.75, 3.05) is 11.9 Å². The molecular weight excluding hydrogens is 357 g/mol. The molecule has 7 heteroatoms. The van der Waals surface area contributed by atoms with E-state index in [0.717, 1.165) is 29.7 Å². The Hall–Kier alpha value is -2.41. The maximum Gasteiger partial charge on any atom is 0.341 e. The van der Waals surface area contributed by atoms with Crippen LogP contribution >= 0.6 is 11.3 Å². The molecule has 0 saturated carbocycles. The van der Waals surface area contributed by atoms with Gasteiger partial charge in [0.25, 0.3) is 5.91 Å². The van der Waals surface area contributed by atoms with Crippen LogP contribution in [0.2, 0.25) is 0 Å². The first-order valence-electron chi connectivity index (χ1n) is 8.55. The number of anilines is 1. The highest BCUT2D eigenvalue weighted by Crippen LogP contribution is 2.39. The number of para-hydroxylation sites is 1. The first kappa shape index (κ1) is 18.4. The van der Waals surface area contributed by atoms with Crippen LogP contribution in [0, 0.1) is 5.82 Å². The second-order valence-corrected chi connectivity index (χ2v) is 7.07. The molecule has 138 valence electrons. The monoisotopic (exact) mass is 377 g/mol. The molecule has 0 saturated heterocycles. The van der Waals surface area contributed by atoms with E-state index in [0.29, 0.717) is 10.6 Å². The van der Waals surface area contributed by atoms with Crippen molar-refractivity contribution in [3.05, 3.63) is 46.1 Å². The zero-order valence-electron chi connectivity index (χ0n) is 14.6. The standard InChI is InChI=1S/C19H20FNO4S/c1-3-24-19(23)16-12-7-6-10-15(12)26-18(16)21-17(22)11(2)25-14-9-5-4-8-13(14)20/h4-5,8-9,11H,3,6-7,10H2,1-2H3,(H,21,22). The maximum atomic E-state index is 13.7. The molecule has 1 N–H and O–H groups in total. The van der Waals surface area contributed by atoms with E-state index in [9.17, 15) is 14.0 Å². The summed E-state index contributed by atoms with van der Waals surface area (Å²) in [5.74, 6) is -1.40. The van der Waals surface area contributed by atoms with E-state index in [-0.39, 0.29) is 12.4 Å². The van der Waals surface area contributed by atoms with Gasteiger partial charge in [0.05, 0.1) is 12.2 Å². The van der Waals surface area contributed by atoms with Crippen LogP contribution in [0.4, 0.5) is 9.39 Å². The van der Waals surface area contributed by atoms with Crippen molar-refractivity contribution in [3.63, 3.8) is 0 Å². The number of benzene rings is 1. The lowest BCUT2D eigenvalue weighted by Crippen LogP contribution is -2.30. The number of carbonyl (C=O) groups is 2. The first-order valence-corrected chi connectivity index (χ1v) is 9.36. The fourth-order valence-corrected chi connectivity index (χ4v) is 4.19. The van der Waals surface area contributed by atoms with Gasteiger partial charge >= 0.3 is 5.97 Å². The van der Waals surface area contributed by atoms with E-state index in [1.165, 1.54) is 30.4 Å². The SMILES string of the molecule is CCOC(=O)c1c(NC(=O)C(C)Oc2ccccc2F)sc2c1CCC2. The van der Waals surface area contributed by atoms with Gasteiger partial charge in [0.15, 0.2) is 17.7 Å². The molecule has 1 aromatic carbocycles. The van der Waals surface area contributed by atoms with Gasteiger partial charge in [-0.15, -0.1) is 11.3 Å². The van der Waals surface area contributed by atoms with Gasteiger partial charge in [0.1, 0.15) is 5.00 Å². The van der Waals surface area contributed by atoms with Gasteiger partial charge in [-0.05, 0) is 50.8 Å². The summed E-state index contributed by atoms with van der Waals surface area (Å²) in [6.45, 7) is 3.55. The van der Waals surface area contributed by atoms with Crippen LogP contribution in [0.3, 0.4) is 0 Å². The first-order chi connectivity index (χ1) is 12.5. The number of thiophene rings is 1. The van der Waals surface area contributed by atoms with Crippen LogP contribution in [0.25, 0.3) is 0 Å². The fourth-order valence-electron chi connectivity index (χ4n) is 2.91. The summed E-state index contributed by atoms with van der Waals surface area (Å²) in [6.07, 6.45) is 1.77. The average molecular weight is 377 g/mol. The molecule has 1 aliphatic rings. The second kappa shape index (κ2) is 7.86. The number of amides is 1. The minimum absolute atomic E-state index is 0.00874. The van der Waals surface area contributed by atoms with Crippen LogP contribution in [0.5, 0.6) is 5.75 Å². The number of rotatable bonds is 6. The number of hydrogen-bond acceptors (Lipinski definition) is 5. The molecule has 2 aromatic rings. The van der Waals surface area contributed by atoms with Gasteiger partial charge < -0.3 is 14.8 Å². The summed E-state index contributed by atoms with van der Waals surface area (Å²) in [4.78, 5) is 25.9. The Labute approximate surface area is 155 Å². The Morgan fingerprint density at radius 1 is 1.31 bits per heavy atom. The van der Waals surface area contributed by atoms with Gasteiger partial charge in [-0.2, -0.15) is 0 Å². The lowest BCUT2D eigenvalue weighted by atomic mass is 10.1. The van der Waals surface area contributed by atoms with E-state index >= 15 is 0 Å². The van der Waals surface area contributed by atoms with Crippen molar-refractivity contribution in [2.45, 2.75) is 39.2 Å². The molecule has 1 unspecified atom stereocenters. The van der Waals surface area contributed by atoms with Crippen LogP contribution in [0.1, 0.15) is 41.1 Å². The van der Waals surface area contributed by atoms with Gasteiger partial charge in [-0.3, -0.25) is 4.79 Å². The Bertz CT molecular complexity index is 833. The van der Waals surface area contributed by atoms with Crippen molar-refractivity contribution in [2.24, 2.45) is 0 Å². The minimum Gasteiger partial charge on any atom is -0.478 e. The quantitative estimate of drug-likeness (QED) is 0.774. The molecule has 3 rings (SSSR count). The van der Waals surface area contributed by atoms with E-state index < -0.39 is 23.8 Å². The third kappa shape index (κ3) is 3.72. The summed E-state index contributed by atoms with van der Waals surface area (Å²) in [5.41, 5.74) is 1.40. The van der Waals surface area contributed by atoms with Crippen LogP contribution in [-0.2, 0) is 22.4 Å². The summed E-state index contributed by atoms with van der Waals surface area (Å²) in [5, 5.41) is 3.22. The van der Waals surface area contributed by atoms with Gasteiger partial charge in [-0.1, -0.05) is 12.1 Å². The average Bonchev–Trinajstić information content (AvgIpc) is 3.17. The van der Waals surface area contributed by atoms with Crippen LogP contribution < -0.4 is 10.1 Å². The number of fused-ring (bicyclic) bond motifs is 1. The molecule has 1 aromatic heterocycles. The molecule has 1 heterocycles. The number of halogens is 1. The number of hydrogen-bond donors (Lipinski definition) is 1. The predicted octanol–water partition coefficient (Wildman–Crippen LogP) is 3.96. The summed E-state index contributed by atoms with van der Waals surface area (Å²) < 4.78 is 24.2. The Morgan fingerprint density at radius 2 is 2.08 bits per heavy atom. The number of nitrogens with one attached hydrogen (secondary N) is 1. The molecule has 26 heavy (non-hydrogen) atoms. The third-order valence-electron chi connectivity index (χ3n) is 4.15. The third-order valence-corrected chi connectivity index (χ3v) is 5.35. The number of esters is 1. The smallest absolute Gasteiger partial charge is 0.341 e. The molecule has 0 radical (unpaired) electrons. The molecular formula is C19H20FNO4S. The number of ether oxygens (including phenoxy) is 2. The Balaban J connectivity index is 1.77. The van der Waals surface area contributed by atoms with Crippen LogP contribution in [0.15, 0.2) is 24.3 Å². The molecule has 0 aliphatic heterocycles. The molecule has 1 amide bonds. The number of carbonyl (C=O) groups excluding carboxylic acids is 2. The van der Waals surface area contributed by atoms with Gasteiger partial charge in [-0.25, -0.2) is 9.18 Å². The van der Waals surface area contributed by atoms with E-state index in [1.54, 1.807) is 19.1 Å². The second-order valence-electron chi connectivity index (χ2n) is 5.96. The van der Waals surface area contributed by atoms with E-state index in [1.807, 2.05) is 0 Å². The molecule has 1 aliphatic carbocycles. The van der Waals surface area contributed by atoms with Gasteiger partial charge in [0.2, 0.25) is 0 Å². The lowest BCUT2D eigenvalue weighted by molar-refractivity contribution is -0.122. The normalized spacial score (nSPS) is 13.8. The minimum atomic E-state index is -0.918. The predicted molar refractivity (Wildman–Crippen MR) is 97.4 cm³/mol. The largest absolute Gasteiger partial charge is 0.478 e. The zero-order chi connectivity index (χ0) is 18.7. The highest BCUT2D eigenvalue weighted by Gasteiger charge is 2.29. The van der Waals surface area contributed by atoms with Crippen LogP contribution in [-0.4, -0.2) is 24.6 Å². The molecule has 0 fully saturated rings. The summed E-state index contributed by atoms with van der Waals surface area (Å²) in [6, 6.07) is 5.91. The van der Waals surface area contributed by atoms with Crippen molar-refractivity contribution in [3.8, 4) is 5.75 Å². The fraction of sp³-hybridized carbons (Fsp3) is 0.368. The maximum absolute atomic E-state index is 13.7. The van der Waals surface area contributed by atoms with E-state index in [4.69, 9.17) is 9.47 Å². The van der Waals surface area contributed by atoms with Gasteiger partial charge in [0, 0.05) is 4.88 Å². The zero-order valence-corrected chi connectivity index (χ0v) is 15.5. The van der Waals surface area contributed by atoms with Crippen molar-refractivity contribution in [1.29, 1.82) is 0 Å². The molecule has 0 bridgehead atoms. The van der Waals surface area contributed by atoms with Crippen molar-refractivity contribution < 1.29 is 23.5 Å². The summed E-state index contributed by atoms with van der Waals surface area (Å²) >= 11 is 1.40. The molecule has 0 spiro atoms. The highest BCUT2D eigenvalue weighted by atomic mass is 32.1. The highest BCUT2D eigenvalue weighted by molar-refractivity contribution is 7.17. The Morgan fingerprint density at radius 3 is 2.81 bits per heavy atom. The molecule has 5 nitrogen and oxygen atoms in total. The lowest BCUT2D eigenvalue weighted by Gasteiger charge is -2.15. The summed E-state index contributed by atoms with van der Waals surface area (Å²) in [7, 11) is 0. The Kier molecular flexibility index (Phi) is 5.56. The van der Waals surface area contributed by atoms with Crippen molar-refractivity contribution in [1.82, 2.24) is 0 Å². The topological polar surface area (TPSA) is 64.6 Å². The van der Waals surface area contributed by atoms with E-state index in [2.05, 4.69) is 5.32 Å². The number of aryl methyl sites for hydroxylation is 1. The molecule has 1 atom stereocenters.